The molecule has 102 valence electrons. The van der Waals surface area contributed by atoms with Crippen molar-refractivity contribution in [1.82, 2.24) is 5.32 Å². The van der Waals surface area contributed by atoms with Gasteiger partial charge >= 0.3 is 5.97 Å². The number of hydrogen-bond acceptors (Lipinski definition) is 4. The number of nitrogens with two attached hydrogens (primary N) is 1. The molecule has 0 bridgehead atoms. The number of nitrogens with one attached hydrogen (secondary N) is 1. The minimum atomic E-state index is -0.315. The van der Waals surface area contributed by atoms with E-state index in [4.69, 9.17) is 10.5 Å². The van der Waals surface area contributed by atoms with Crippen molar-refractivity contribution in [1.29, 1.82) is 0 Å². The van der Waals surface area contributed by atoms with Crippen molar-refractivity contribution in [2.75, 3.05) is 18.9 Å². The molecule has 19 heavy (non-hydrogen) atoms. The molecule has 0 atom stereocenters. The van der Waals surface area contributed by atoms with Gasteiger partial charge in [-0.05, 0) is 30.7 Å². The first-order valence-corrected chi connectivity index (χ1v) is 6.09. The van der Waals surface area contributed by atoms with Crippen LogP contribution in [-0.4, -0.2) is 25.0 Å². The van der Waals surface area contributed by atoms with Crippen LogP contribution in [0.3, 0.4) is 0 Å². The van der Waals surface area contributed by atoms with Crippen molar-refractivity contribution in [3.63, 3.8) is 0 Å². The fourth-order valence-electron chi connectivity index (χ4n) is 1.36. The molecule has 0 aliphatic heterocycles. The van der Waals surface area contributed by atoms with Crippen molar-refractivity contribution in [3.8, 4) is 0 Å². The monoisotopic (exact) mass is 262 g/mol. The molecule has 0 spiro atoms. The summed E-state index contributed by atoms with van der Waals surface area (Å²) in [5, 5.41) is 2.60. The molecule has 0 saturated heterocycles. The van der Waals surface area contributed by atoms with Gasteiger partial charge in [-0.25, -0.2) is 0 Å². The second kappa shape index (κ2) is 7.92. The summed E-state index contributed by atoms with van der Waals surface area (Å²) < 4.78 is 4.74. The van der Waals surface area contributed by atoms with Gasteiger partial charge in [-0.15, -0.1) is 0 Å². The molecule has 1 amide bonds. The summed E-state index contributed by atoms with van der Waals surface area (Å²) in [4.78, 5) is 22.5. The predicted molar refractivity (Wildman–Crippen MR) is 74.1 cm³/mol. The maximum Gasteiger partial charge on any atom is 0.307 e. The first kappa shape index (κ1) is 14.8. The second-order valence-corrected chi connectivity index (χ2v) is 3.85. The van der Waals surface area contributed by atoms with E-state index in [1.165, 1.54) is 6.08 Å². The number of carbonyl (C=O) groups is 2. The van der Waals surface area contributed by atoms with E-state index in [9.17, 15) is 9.59 Å². The van der Waals surface area contributed by atoms with Gasteiger partial charge in [0.1, 0.15) is 0 Å². The zero-order chi connectivity index (χ0) is 14.1. The highest BCUT2D eigenvalue weighted by atomic mass is 16.5. The van der Waals surface area contributed by atoms with Gasteiger partial charge in [0.25, 0.3) is 0 Å². The van der Waals surface area contributed by atoms with Crippen LogP contribution in [0.25, 0.3) is 6.08 Å². The third-order valence-corrected chi connectivity index (χ3v) is 2.30. The lowest BCUT2D eigenvalue weighted by Gasteiger charge is -2.02. The van der Waals surface area contributed by atoms with Crippen molar-refractivity contribution in [3.05, 3.63) is 35.9 Å². The highest BCUT2D eigenvalue weighted by molar-refractivity contribution is 5.91. The Bertz CT molecular complexity index is 452. The fourth-order valence-corrected chi connectivity index (χ4v) is 1.36. The maximum atomic E-state index is 11.4. The lowest BCUT2D eigenvalue weighted by molar-refractivity contribution is -0.142. The summed E-state index contributed by atoms with van der Waals surface area (Å²) in [6.07, 6.45) is 3.27. The summed E-state index contributed by atoms with van der Waals surface area (Å²) in [6, 6.07) is 7.16. The maximum absolute atomic E-state index is 11.4. The summed E-state index contributed by atoms with van der Waals surface area (Å²) in [5.74, 6) is -0.563. The molecule has 0 aliphatic rings. The van der Waals surface area contributed by atoms with Crippen LogP contribution in [0.15, 0.2) is 30.3 Å². The molecule has 1 aromatic rings. The SMILES string of the molecule is CCOC(=O)CCNC(=O)/C=C/c1ccc(N)cc1. The molecular weight excluding hydrogens is 244 g/mol. The number of anilines is 1. The average molecular weight is 262 g/mol. The molecule has 0 fully saturated rings. The summed E-state index contributed by atoms with van der Waals surface area (Å²) in [7, 11) is 0. The van der Waals surface area contributed by atoms with E-state index in [1.54, 1.807) is 25.1 Å². The Labute approximate surface area is 112 Å². The predicted octanol–water partition coefficient (Wildman–Crippen LogP) is 1.35. The van der Waals surface area contributed by atoms with Crippen LogP contribution < -0.4 is 11.1 Å². The molecular formula is C14H18N2O3. The molecule has 0 radical (unpaired) electrons. The number of carbonyl (C=O) groups excluding carboxylic acids is 2. The van der Waals surface area contributed by atoms with Crippen LogP contribution in [0.2, 0.25) is 0 Å². The average Bonchev–Trinajstić information content (AvgIpc) is 2.38. The van der Waals surface area contributed by atoms with Gasteiger partial charge < -0.3 is 15.8 Å². The minimum Gasteiger partial charge on any atom is -0.466 e. The van der Waals surface area contributed by atoms with Crippen molar-refractivity contribution < 1.29 is 14.3 Å². The van der Waals surface area contributed by atoms with Crippen molar-refractivity contribution in [2.24, 2.45) is 0 Å². The lowest BCUT2D eigenvalue weighted by atomic mass is 10.2. The number of nitrogen functional groups attached to an aromatic ring is 1. The number of esters is 1. The van der Waals surface area contributed by atoms with Crippen LogP contribution in [0.1, 0.15) is 18.9 Å². The van der Waals surface area contributed by atoms with Crippen LogP contribution in [0.5, 0.6) is 0 Å². The Kier molecular flexibility index (Phi) is 6.15. The molecule has 1 rings (SSSR count). The van der Waals surface area contributed by atoms with Crippen molar-refractivity contribution in [2.45, 2.75) is 13.3 Å². The standard InChI is InChI=1S/C14H18N2O3/c1-2-19-14(18)9-10-16-13(17)8-5-11-3-6-12(15)7-4-11/h3-8H,2,9-10,15H2,1H3,(H,16,17)/b8-5+. The normalized spacial score (nSPS) is 10.4. The molecule has 3 N–H and O–H groups in total. The smallest absolute Gasteiger partial charge is 0.307 e. The topological polar surface area (TPSA) is 81.4 Å². The molecule has 0 aromatic heterocycles. The van der Waals surface area contributed by atoms with E-state index in [0.29, 0.717) is 12.3 Å². The molecule has 0 heterocycles. The van der Waals surface area contributed by atoms with Gasteiger partial charge in [-0.2, -0.15) is 0 Å². The van der Waals surface area contributed by atoms with E-state index in [2.05, 4.69) is 5.32 Å². The summed E-state index contributed by atoms with van der Waals surface area (Å²) in [6.45, 7) is 2.36. The van der Waals surface area contributed by atoms with Crippen LogP contribution in [0.4, 0.5) is 5.69 Å². The molecule has 5 nitrogen and oxygen atoms in total. The highest BCUT2D eigenvalue weighted by Gasteiger charge is 2.01. The molecule has 5 heteroatoms. The first-order chi connectivity index (χ1) is 9.11. The Morgan fingerprint density at radius 2 is 2.00 bits per heavy atom. The Balaban J connectivity index is 2.31. The van der Waals surface area contributed by atoms with Gasteiger partial charge in [0.05, 0.1) is 13.0 Å². The van der Waals surface area contributed by atoms with Crippen LogP contribution in [0, 0.1) is 0 Å². The Hall–Kier alpha value is -2.30. The lowest BCUT2D eigenvalue weighted by Crippen LogP contribution is -2.24. The third-order valence-electron chi connectivity index (χ3n) is 2.30. The van der Waals surface area contributed by atoms with E-state index >= 15 is 0 Å². The Morgan fingerprint density at radius 1 is 1.32 bits per heavy atom. The zero-order valence-corrected chi connectivity index (χ0v) is 10.9. The van der Waals surface area contributed by atoms with E-state index < -0.39 is 0 Å². The molecule has 1 aromatic carbocycles. The summed E-state index contributed by atoms with van der Waals surface area (Å²) >= 11 is 0. The fraction of sp³-hybridized carbons (Fsp3) is 0.286. The van der Waals surface area contributed by atoms with Gasteiger partial charge in [0.2, 0.25) is 5.91 Å². The quantitative estimate of drug-likeness (QED) is 0.460. The van der Waals surface area contributed by atoms with Crippen molar-refractivity contribution >= 4 is 23.6 Å². The molecule has 0 aliphatic carbocycles. The molecule has 0 unspecified atom stereocenters. The molecule has 0 saturated carbocycles. The minimum absolute atomic E-state index is 0.176. The number of rotatable bonds is 6. The first-order valence-electron chi connectivity index (χ1n) is 6.09. The van der Waals surface area contributed by atoms with Crippen LogP contribution >= 0.6 is 0 Å². The van der Waals surface area contributed by atoms with E-state index in [1.807, 2.05) is 12.1 Å². The van der Waals surface area contributed by atoms with Gasteiger partial charge in [0.15, 0.2) is 0 Å². The van der Waals surface area contributed by atoms with Gasteiger partial charge in [0, 0.05) is 18.3 Å². The van der Waals surface area contributed by atoms with Crippen LogP contribution in [-0.2, 0) is 14.3 Å². The Morgan fingerprint density at radius 3 is 2.63 bits per heavy atom. The number of amides is 1. The van der Waals surface area contributed by atoms with Gasteiger partial charge in [-0.1, -0.05) is 12.1 Å². The summed E-state index contributed by atoms with van der Waals surface area (Å²) in [5.41, 5.74) is 7.12. The number of ether oxygens (including phenoxy) is 1. The van der Waals surface area contributed by atoms with Gasteiger partial charge in [-0.3, -0.25) is 9.59 Å². The van der Waals surface area contributed by atoms with E-state index in [-0.39, 0.29) is 24.8 Å². The third kappa shape index (κ3) is 6.26. The zero-order valence-electron chi connectivity index (χ0n) is 10.9. The highest BCUT2D eigenvalue weighted by Crippen LogP contribution is 2.06. The number of hydrogen-bond donors (Lipinski definition) is 2. The second-order valence-electron chi connectivity index (χ2n) is 3.85. The number of benzene rings is 1. The largest absolute Gasteiger partial charge is 0.466 e. The van der Waals surface area contributed by atoms with E-state index in [0.717, 1.165) is 5.56 Å².